The van der Waals surface area contributed by atoms with Crippen molar-refractivity contribution >= 4 is 11.9 Å². The van der Waals surface area contributed by atoms with Crippen molar-refractivity contribution in [3.05, 3.63) is 0 Å². The Morgan fingerprint density at radius 2 is 1.76 bits per heavy atom. The highest BCUT2D eigenvalue weighted by atomic mass is 16.4. The first-order valence-corrected chi connectivity index (χ1v) is 8.26. The van der Waals surface area contributed by atoms with Crippen LogP contribution in [-0.2, 0) is 9.59 Å². The maximum Gasteiger partial charge on any atom is 0.307 e. The van der Waals surface area contributed by atoms with Gasteiger partial charge in [0.1, 0.15) is 0 Å². The van der Waals surface area contributed by atoms with Crippen LogP contribution >= 0.6 is 0 Å². The smallest absolute Gasteiger partial charge is 0.307 e. The lowest BCUT2D eigenvalue weighted by molar-refractivity contribution is -0.153. The highest BCUT2D eigenvalue weighted by Gasteiger charge is 2.39. The first kappa shape index (κ1) is 16.3. The number of nitrogens with zero attached hydrogens (tertiary/aromatic N) is 2. The monoisotopic (exact) mass is 296 g/mol. The van der Waals surface area contributed by atoms with Crippen LogP contribution in [-0.4, -0.2) is 59.5 Å². The van der Waals surface area contributed by atoms with Gasteiger partial charge in [-0.2, -0.15) is 0 Å². The van der Waals surface area contributed by atoms with E-state index in [1.54, 1.807) is 0 Å². The molecule has 1 N–H and O–H groups in total. The number of carbonyl (C=O) groups is 2. The molecule has 5 heteroatoms. The zero-order valence-electron chi connectivity index (χ0n) is 13.3. The van der Waals surface area contributed by atoms with Crippen LogP contribution in [0.1, 0.15) is 45.4 Å². The van der Waals surface area contributed by atoms with E-state index in [1.165, 1.54) is 0 Å². The average Bonchev–Trinajstić information content (AvgIpc) is 2.67. The molecule has 1 saturated carbocycles. The van der Waals surface area contributed by atoms with Gasteiger partial charge in [-0.15, -0.1) is 0 Å². The molecular formula is C16H28N2O3. The Labute approximate surface area is 127 Å². The standard InChI is InChI=1S/C16H28N2O3/c1-3-12-11-17(2)9-6-10-18(12)15(19)13-7-4-5-8-14(13)16(20)21/h12-14H,3-11H2,1-2H3,(H,20,21)/t12?,13-,14+/m1/s1. The van der Waals surface area contributed by atoms with Crippen molar-refractivity contribution in [3.63, 3.8) is 0 Å². The van der Waals surface area contributed by atoms with Gasteiger partial charge in [-0.05, 0) is 39.3 Å². The van der Waals surface area contributed by atoms with Crippen LogP contribution in [0.2, 0.25) is 0 Å². The molecule has 0 radical (unpaired) electrons. The molecule has 1 heterocycles. The van der Waals surface area contributed by atoms with Crippen LogP contribution in [0, 0.1) is 11.8 Å². The Morgan fingerprint density at radius 1 is 1.10 bits per heavy atom. The van der Waals surface area contributed by atoms with Gasteiger partial charge in [0.15, 0.2) is 0 Å². The summed E-state index contributed by atoms with van der Waals surface area (Å²) in [7, 11) is 2.09. The summed E-state index contributed by atoms with van der Waals surface area (Å²) in [5, 5.41) is 9.40. The highest BCUT2D eigenvalue weighted by Crippen LogP contribution is 2.32. The number of likely N-dealkylation sites (N-methyl/N-ethyl adjacent to an activating group) is 1. The molecule has 120 valence electrons. The van der Waals surface area contributed by atoms with Gasteiger partial charge in [-0.3, -0.25) is 9.59 Å². The van der Waals surface area contributed by atoms with Gasteiger partial charge < -0.3 is 14.9 Å². The molecule has 0 bridgehead atoms. The fourth-order valence-electron chi connectivity index (χ4n) is 3.82. The van der Waals surface area contributed by atoms with Gasteiger partial charge in [0.25, 0.3) is 0 Å². The SMILES string of the molecule is CCC1CN(C)CCCN1C(=O)[C@@H]1CCCC[C@@H]1C(=O)O. The molecule has 0 aromatic heterocycles. The van der Waals surface area contributed by atoms with E-state index in [2.05, 4.69) is 18.9 Å². The number of carboxylic acids is 1. The van der Waals surface area contributed by atoms with Crippen LogP contribution in [0.25, 0.3) is 0 Å². The Hall–Kier alpha value is -1.10. The lowest BCUT2D eigenvalue weighted by Crippen LogP contribution is -2.49. The van der Waals surface area contributed by atoms with Crippen molar-refractivity contribution < 1.29 is 14.7 Å². The van der Waals surface area contributed by atoms with Crippen molar-refractivity contribution in [3.8, 4) is 0 Å². The van der Waals surface area contributed by atoms with Crippen molar-refractivity contribution in [2.75, 3.05) is 26.7 Å². The van der Waals surface area contributed by atoms with E-state index in [1.807, 2.05) is 4.90 Å². The van der Waals surface area contributed by atoms with Crippen molar-refractivity contribution in [1.29, 1.82) is 0 Å². The highest BCUT2D eigenvalue weighted by molar-refractivity contribution is 5.85. The molecule has 0 aromatic carbocycles. The topological polar surface area (TPSA) is 60.9 Å². The summed E-state index contributed by atoms with van der Waals surface area (Å²) in [6, 6.07) is 0.223. The van der Waals surface area contributed by atoms with Crippen LogP contribution in [0.4, 0.5) is 0 Å². The minimum absolute atomic E-state index is 0.0873. The Balaban J connectivity index is 2.13. The molecule has 2 rings (SSSR count). The maximum atomic E-state index is 12.9. The third-order valence-electron chi connectivity index (χ3n) is 5.06. The molecule has 5 nitrogen and oxygen atoms in total. The maximum absolute atomic E-state index is 12.9. The van der Waals surface area contributed by atoms with Gasteiger partial charge in [0.05, 0.1) is 11.8 Å². The fourth-order valence-corrected chi connectivity index (χ4v) is 3.82. The van der Waals surface area contributed by atoms with Crippen molar-refractivity contribution in [2.24, 2.45) is 11.8 Å². The summed E-state index contributed by atoms with van der Waals surface area (Å²) in [5.74, 6) is -1.50. The van der Waals surface area contributed by atoms with E-state index in [4.69, 9.17) is 0 Å². The summed E-state index contributed by atoms with van der Waals surface area (Å²) >= 11 is 0. The molecule has 2 aliphatic rings. The molecule has 21 heavy (non-hydrogen) atoms. The minimum Gasteiger partial charge on any atom is -0.481 e. The summed E-state index contributed by atoms with van der Waals surface area (Å²) in [6.07, 6.45) is 5.20. The third-order valence-corrected chi connectivity index (χ3v) is 5.06. The van der Waals surface area contributed by atoms with Crippen LogP contribution in [0.15, 0.2) is 0 Å². The van der Waals surface area contributed by atoms with Crippen LogP contribution in [0.5, 0.6) is 0 Å². The van der Waals surface area contributed by atoms with Crippen molar-refractivity contribution in [2.45, 2.75) is 51.5 Å². The van der Waals surface area contributed by atoms with E-state index in [0.29, 0.717) is 6.42 Å². The number of carbonyl (C=O) groups excluding carboxylic acids is 1. The van der Waals surface area contributed by atoms with E-state index in [9.17, 15) is 14.7 Å². The molecule has 0 aromatic rings. The zero-order chi connectivity index (χ0) is 15.4. The zero-order valence-corrected chi connectivity index (χ0v) is 13.3. The molecule has 1 saturated heterocycles. The molecule has 1 aliphatic heterocycles. The summed E-state index contributed by atoms with van der Waals surface area (Å²) in [6.45, 7) is 4.78. The Morgan fingerprint density at radius 3 is 2.38 bits per heavy atom. The lowest BCUT2D eigenvalue weighted by atomic mass is 9.78. The number of hydrogen-bond donors (Lipinski definition) is 1. The predicted molar refractivity (Wildman–Crippen MR) is 81.0 cm³/mol. The number of hydrogen-bond acceptors (Lipinski definition) is 3. The molecule has 3 atom stereocenters. The van der Waals surface area contributed by atoms with Crippen LogP contribution < -0.4 is 0 Å². The quantitative estimate of drug-likeness (QED) is 0.863. The second-order valence-electron chi connectivity index (χ2n) is 6.55. The summed E-state index contributed by atoms with van der Waals surface area (Å²) < 4.78 is 0. The number of amides is 1. The first-order chi connectivity index (χ1) is 10.0. The first-order valence-electron chi connectivity index (χ1n) is 8.26. The number of carboxylic acid groups (broad SMARTS) is 1. The molecule has 0 spiro atoms. The Bertz CT molecular complexity index is 386. The van der Waals surface area contributed by atoms with Gasteiger partial charge in [0, 0.05) is 19.1 Å². The Kier molecular flexibility index (Phi) is 5.62. The third kappa shape index (κ3) is 3.76. The second-order valence-corrected chi connectivity index (χ2v) is 6.55. The molecule has 1 amide bonds. The average molecular weight is 296 g/mol. The van der Waals surface area contributed by atoms with E-state index < -0.39 is 11.9 Å². The summed E-state index contributed by atoms with van der Waals surface area (Å²) in [4.78, 5) is 28.6. The lowest BCUT2D eigenvalue weighted by Gasteiger charge is -2.36. The number of rotatable bonds is 3. The van der Waals surface area contributed by atoms with Crippen LogP contribution in [0.3, 0.4) is 0 Å². The minimum atomic E-state index is -0.798. The van der Waals surface area contributed by atoms with Crippen molar-refractivity contribution in [1.82, 2.24) is 9.80 Å². The van der Waals surface area contributed by atoms with E-state index in [0.717, 1.165) is 51.7 Å². The fraction of sp³-hybridized carbons (Fsp3) is 0.875. The molecule has 1 aliphatic carbocycles. The van der Waals surface area contributed by atoms with Gasteiger partial charge in [-0.25, -0.2) is 0 Å². The molecule has 2 fully saturated rings. The van der Waals surface area contributed by atoms with E-state index >= 15 is 0 Å². The molecule has 1 unspecified atom stereocenters. The van der Waals surface area contributed by atoms with Gasteiger partial charge >= 0.3 is 5.97 Å². The molecular weight excluding hydrogens is 268 g/mol. The van der Waals surface area contributed by atoms with E-state index in [-0.39, 0.29) is 17.9 Å². The summed E-state index contributed by atoms with van der Waals surface area (Å²) in [5.41, 5.74) is 0. The number of aliphatic carboxylic acids is 1. The normalized spacial score (nSPS) is 31.7. The van der Waals surface area contributed by atoms with Gasteiger partial charge in [0.2, 0.25) is 5.91 Å². The van der Waals surface area contributed by atoms with Gasteiger partial charge in [-0.1, -0.05) is 19.8 Å². The predicted octanol–water partition coefficient (Wildman–Crippen LogP) is 1.82. The largest absolute Gasteiger partial charge is 0.481 e. The second kappa shape index (κ2) is 7.25.